The molecule has 1 aliphatic rings. The smallest absolute Gasteiger partial charge is 0.251 e. The molecule has 2 aromatic heterocycles. The molecular weight excluding hydrogens is 406 g/mol. The van der Waals surface area contributed by atoms with Crippen LogP contribution in [0.25, 0.3) is 26.4 Å². The number of carbonyl (C=O) groups is 1. The topological polar surface area (TPSA) is 55.6 Å². The quantitative estimate of drug-likeness (QED) is 0.425. The maximum atomic E-state index is 12.8. The van der Waals surface area contributed by atoms with E-state index in [0.29, 0.717) is 12.5 Å². The number of hydrogen-bond donors (Lipinski definition) is 1. The highest BCUT2D eigenvalue weighted by molar-refractivity contribution is 7.23. The molecule has 6 heteroatoms. The second-order valence-corrected chi connectivity index (χ2v) is 9.37. The molecule has 1 aliphatic carbocycles. The summed E-state index contributed by atoms with van der Waals surface area (Å²) in [6.07, 6.45) is 6.81. The fourth-order valence-corrected chi connectivity index (χ4v) is 5.50. The molecule has 0 aliphatic heterocycles. The second-order valence-electron chi connectivity index (χ2n) is 8.36. The first-order chi connectivity index (χ1) is 15.1. The first-order valence-electron chi connectivity index (χ1n) is 11.1. The zero-order chi connectivity index (χ0) is 21.4. The van der Waals surface area contributed by atoms with Gasteiger partial charge in [-0.2, -0.15) is 0 Å². The molecule has 0 spiro atoms. The van der Waals surface area contributed by atoms with Crippen molar-refractivity contribution in [2.75, 3.05) is 6.61 Å². The van der Waals surface area contributed by atoms with E-state index in [4.69, 9.17) is 9.72 Å². The largest absolute Gasteiger partial charge is 0.494 e. The summed E-state index contributed by atoms with van der Waals surface area (Å²) in [5.41, 5.74) is 3.79. The minimum Gasteiger partial charge on any atom is -0.494 e. The normalized spacial score (nSPS) is 19.0. The Labute approximate surface area is 186 Å². The zero-order valence-corrected chi connectivity index (χ0v) is 18.7. The van der Waals surface area contributed by atoms with E-state index in [2.05, 4.69) is 22.8 Å². The van der Waals surface area contributed by atoms with Crippen LogP contribution in [-0.4, -0.2) is 27.9 Å². The van der Waals surface area contributed by atoms with Gasteiger partial charge in [0.05, 0.1) is 22.5 Å². The Morgan fingerprint density at radius 1 is 1.19 bits per heavy atom. The SMILES string of the molecule is CCOc1ccc(-c2cn3c(n2)sc2cc(C(=O)N[C@H]4CCCC[C@@H]4C)ccc23)cc1. The number of ether oxygens (including phenoxy) is 1. The van der Waals surface area contributed by atoms with Gasteiger partial charge in [-0.15, -0.1) is 0 Å². The van der Waals surface area contributed by atoms with Crippen molar-refractivity contribution >= 4 is 32.4 Å². The molecule has 5 nitrogen and oxygen atoms in total. The van der Waals surface area contributed by atoms with Crippen LogP contribution in [0.15, 0.2) is 48.7 Å². The summed E-state index contributed by atoms with van der Waals surface area (Å²) in [5, 5.41) is 3.25. The summed E-state index contributed by atoms with van der Waals surface area (Å²) in [6, 6.07) is 14.3. The first kappa shape index (κ1) is 20.1. The Bertz CT molecular complexity index is 1230. The zero-order valence-electron chi connectivity index (χ0n) is 17.9. The van der Waals surface area contributed by atoms with Crippen LogP contribution in [0.5, 0.6) is 5.75 Å². The molecule has 0 saturated heterocycles. The molecule has 1 amide bonds. The number of aromatic nitrogens is 2. The summed E-state index contributed by atoms with van der Waals surface area (Å²) in [5.74, 6) is 1.44. The molecular formula is C25H27N3O2S. The summed E-state index contributed by atoms with van der Waals surface area (Å²) in [7, 11) is 0. The monoisotopic (exact) mass is 433 g/mol. The molecule has 4 aromatic rings. The van der Waals surface area contributed by atoms with Crippen molar-refractivity contribution in [1.29, 1.82) is 0 Å². The molecule has 0 bridgehead atoms. The van der Waals surface area contributed by atoms with Gasteiger partial charge in [-0.05, 0) is 68.1 Å². The lowest BCUT2D eigenvalue weighted by atomic mass is 9.86. The number of thiazole rings is 1. The van der Waals surface area contributed by atoms with Crippen LogP contribution < -0.4 is 10.1 Å². The lowest BCUT2D eigenvalue weighted by Crippen LogP contribution is -2.41. The van der Waals surface area contributed by atoms with Gasteiger partial charge < -0.3 is 10.1 Å². The van der Waals surface area contributed by atoms with Crippen LogP contribution in [0.3, 0.4) is 0 Å². The number of benzene rings is 2. The van der Waals surface area contributed by atoms with Gasteiger partial charge in [0.1, 0.15) is 5.75 Å². The van der Waals surface area contributed by atoms with Crippen LogP contribution in [0.2, 0.25) is 0 Å². The van der Waals surface area contributed by atoms with E-state index < -0.39 is 0 Å². The van der Waals surface area contributed by atoms with Gasteiger partial charge in [0.25, 0.3) is 5.91 Å². The number of carbonyl (C=O) groups excluding carboxylic acids is 1. The predicted octanol–water partition coefficient (Wildman–Crippen LogP) is 5.92. The lowest BCUT2D eigenvalue weighted by Gasteiger charge is -2.29. The third-order valence-electron chi connectivity index (χ3n) is 6.25. The maximum Gasteiger partial charge on any atom is 0.251 e. The number of nitrogens with zero attached hydrogens (tertiary/aromatic N) is 2. The van der Waals surface area contributed by atoms with E-state index >= 15 is 0 Å². The fourth-order valence-electron chi connectivity index (χ4n) is 4.45. The molecule has 5 rings (SSSR count). The Kier molecular flexibility index (Phi) is 5.40. The van der Waals surface area contributed by atoms with Crippen molar-refractivity contribution < 1.29 is 9.53 Å². The average molecular weight is 434 g/mol. The number of imidazole rings is 1. The van der Waals surface area contributed by atoms with Crippen LogP contribution in [0.4, 0.5) is 0 Å². The number of amides is 1. The van der Waals surface area contributed by atoms with E-state index in [1.807, 2.05) is 49.4 Å². The molecule has 1 fully saturated rings. The van der Waals surface area contributed by atoms with Crippen molar-refractivity contribution in [3.8, 4) is 17.0 Å². The summed E-state index contributed by atoms with van der Waals surface area (Å²) in [4.78, 5) is 18.6. The first-order valence-corrected chi connectivity index (χ1v) is 11.9. The molecule has 2 aromatic carbocycles. The molecule has 2 heterocycles. The van der Waals surface area contributed by atoms with Gasteiger partial charge in [0.15, 0.2) is 4.96 Å². The highest BCUT2D eigenvalue weighted by atomic mass is 32.1. The van der Waals surface area contributed by atoms with Crippen molar-refractivity contribution in [3.63, 3.8) is 0 Å². The summed E-state index contributed by atoms with van der Waals surface area (Å²) >= 11 is 1.61. The highest BCUT2D eigenvalue weighted by Gasteiger charge is 2.23. The lowest BCUT2D eigenvalue weighted by molar-refractivity contribution is 0.0910. The fraction of sp³-hybridized carbons (Fsp3) is 0.360. The van der Waals surface area contributed by atoms with Gasteiger partial charge in [-0.25, -0.2) is 4.98 Å². The minimum atomic E-state index is 0.0294. The maximum absolute atomic E-state index is 12.8. The minimum absolute atomic E-state index is 0.0294. The van der Waals surface area contributed by atoms with Crippen LogP contribution in [-0.2, 0) is 0 Å². The second kappa shape index (κ2) is 8.35. The number of fused-ring (bicyclic) bond motifs is 3. The van der Waals surface area contributed by atoms with E-state index in [1.54, 1.807) is 11.3 Å². The molecule has 1 N–H and O–H groups in total. The summed E-state index contributed by atoms with van der Waals surface area (Å²) < 4.78 is 8.71. The van der Waals surface area contributed by atoms with Crippen LogP contribution in [0, 0.1) is 5.92 Å². The molecule has 1 saturated carbocycles. The van der Waals surface area contributed by atoms with Crippen molar-refractivity contribution in [2.24, 2.45) is 5.92 Å². The van der Waals surface area contributed by atoms with E-state index in [-0.39, 0.29) is 11.9 Å². The van der Waals surface area contributed by atoms with Crippen molar-refractivity contribution in [2.45, 2.75) is 45.6 Å². The number of hydrogen-bond acceptors (Lipinski definition) is 4. The summed E-state index contributed by atoms with van der Waals surface area (Å²) in [6.45, 7) is 4.88. The van der Waals surface area contributed by atoms with Gasteiger partial charge in [0, 0.05) is 23.4 Å². The van der Waals surface area contributed by atoms with Gasteiger partial charge in [-0.3, -0.25) is 9.20 Å². The van der Waals surface area contributed by atoms with Crippen LogP contribution in [0.1, 0.15) is 49.9 Å². The third kappa shape index (κ3) is 3.92. The Balaban J connectivity index is 1.39. The van der Waals surface area contributed by atoms with E-state index in [0.717, 1.165) is 44.2 Å². The van der Waals surface area contributed by atoms with Gasteiger partial charge in [0.2, 0.25) is 0 Å². The Morgan fingerprint density at radius 2 is 2.00 bits per heavy atom. The van der Waals surface area contributed by atoms with E-state index in [1.165, 1.54) is 19.3 Å². The number of rotatable bonds is 5. The molecule has 0 radical (unpaired) electrons. The van der Waals surface area contributed by atoms with Gasteiger partial charge >= 0.3 is 0 Å². The molecule has 0 unspecified atom stereocenters. The Hall–Kier alpha value is -2.86. The average Bonchev–Trinajstić information content (AvgIpc) is 3.33. The molecule has 31 heavy (non-hydrogen) atoms. The van der Waals surface area contributed by atoms with E-state index in [9.17, 15) is 4.79 Å². The highest BCUT2D eigenvalue weighted by Crippen LogP contribution is 2.31. The molecule has 160 valence electrons. The van der Waals surface area contributed by atoms with Gasteiger partial charge in [-0.1, -0.05) is 31.1 Å². The standard InChI is InChI=1S/C25H27N3O2S/c1-3-30-19-11-8-17(9-12-19)21-15-28-22-13-10-18(14-23(22)31-25(28)27-21)24(29)26-20-7-5-4-6-16(20)2/h8-16,20H,3-7H2,1-2H3,(H,26,29)/t16-,20-/m0/s1. The van der Waals surface area contributed by atoms with Crippen molar-refractivity contribution in [1.82, 2.24) is 14.7 Å². The predicted molar refractivity (Wildman–Crippen MR) is 126 cm³/mol. The number of nitrogens with one attached hydrogen (secondary N) is 1. The third-order valence-corrected chi connectivity index (χ3v) is 7.26. The van der Waals surface area contributed by atoms with Crippen molar-refractivity contribution in [3.05, 3.63) is 54.2 Å². The molecule has 2 atom stereocenters. The Morgan fingerprint density at radius 3 is 2.77 bits per heavy atom. The van der Waals surface area contributed by atoms with Crippen LogP contribution >= 0.6 is 11.3 Å².